The van der Waals surface area contributed by atoms with E-state index < -0.39 is 0 Å². The molecule has 0 bridgehead atoms. The van der Waals surface area contributed by atoms with Gasteiger partial charge in [0.2, 0.25) is 0 Å². The highest BCUT2D eigenvalue weighted by atomic mass is 16.2. The summed E-state index contributed by atoms with van der Waals surface area (Å²) in [6, 6.07) is 0. The molecule has 0 fully saturated rings. The number of hydrogen-bond acceptors (Lipinski definition) is 1. The van der Waals surface area contributed by atoms with E-state index in [1.54, 1.807) is 0 Å². The van der Waals surface area contributed by atoms with Gasteiger partial charge in [0, 0.05) is 6.61 Å². The van der Waals surface area contributed by atoms with Crippen molar-refractivity contribution in [2.45, 2.75) is 71.1 Å². The van der Waals surface area contributed by atoms with Gasteiger partial charge in [-0.1, -0.05) is 64.7 Å². The molecule has 14 heavy (non-hydrogen) atoms. The Labute approximate surface area is 89.9 Å². The van der Waals surface area contributed by atoms with E-state index in [1.807, 2.05) is 0 Å². The van der Waals surface area contributed by atoms with Crippen LogP contribution in [0.1, 0.15) is 71.1 Å². The molecule has 0 saturated carbocycles. The highest BCUT2D eigenvalue weighted by Gasteiger charge is 1.91. The van der Waals surface area contributed by atoms with Crippen LogP contribution in [-0.2, 0) is 0 Å². The average molecular weight is 199 g/mol. The van der Waals surface area contributed by atoms with Gasteiger partial charge in [-0.05, 0) is 12.8 Å². The highest BCUT2D eigenvalue weighted by Crippen LogP contribution is 2.10. The maximum atomic E-state index is 8.59. The Morgan fingerprint density at radius 3 is 1.79 bits per heavy atom. The number of unbranched alkanes of at least 4 members (excludes halogenated alkanes) is 10. The Kier molecular flexibility index (Phi) is 12.9. The average Bonchev–Trinajstić information content (AvgIpc) is 2.21. The lowest BCUT2D eigenvalue weighted by molar-refractivity contribution is 0.282. The van der Waals surface area contributed by atoms with Crippen LogP contribution in [0.15, 0.2) is 0 Å². The zero-order valence-corrected chi connectivity index (χ0v) is 9.80. The molecule has 0 aliphatic carbocycles. The molecule has 85 valence electrons. The molecule has 0 aromatic carbocycles. The lowest BCUT2D eigenvalue weighted by atomic mass is 10.1. The first-order valence-electron chi connectivity index (χ1n) is 6.34. The topological polar surface area (TPSA) is 20.2 Å². The van der Waals surface area contributed by atoms with E-state index in [0.29, 0.717) is 6.61 Å². The molecular formula is C13H27O. The van der Waals surface area contributed by atoms with Gasteiger partial charge < -0.3 is 5.11 Å². The Hall–Kier alpha value is -0.0400. The van der Waals surface area contributed by atoms with Gasteiger partial charge in [-0.25, -0.2) is 0 Å². The zero-order valence-electron chi connectivity index (χ0n) is 9.80. The van der Waals surface area contributed by atoms with Gasteiger partial charge >= 0.3 is 0 Å². The van der Waals surface area contributed by atoms with Gasteiger partial charge in [0.1, 0.15) is 0 Å². The van der Waals surface area contributed by atoms with Gasteiger partial charge in [-0.3, -0.25) is 0 Å². The predicted octanol–water partition coefficient (Wildman–Crippen LogP) is 4.10. The Morgan fingerprint density at radius 1 is 0.786 bits per heavy atom. The van der Waals surface area contributed by atoms with Gasteiger partial charge in [0.25, 0.3) is 0 Å². The number of rotatable bonds is 11. The Balaban J connectivity index is 2.78. The fourth-order valence-corrected chi connectivity index (χ4v) is 1.67. The maximum Gasteiger partial charge on any atom is 0.0431 e. The summed E-state index contributed by atoms with van der Waals surface area (Å²) in [7, 11) is 0. The summed E-state index contributed by atoms with van der Waals surface area (Å²) in [6.07, 6.45) is 15.3. The molecule has 0 aromatic heterocycles. The Bertz CT molecular complexity index is 79.2. The molecule has 1 nitrogen and oxygen atoms in total. The molecule has 0 atom stereocenters. The largest absolute Gasteiger partial charge is 0.396 e. The van der Waals surface area contributed by atoms with E-state index >= 15 is 0 Å². The first-order valence-corrected chi connectivity index (χ1v) is 6.34. The molecule has 1 heteroatoms. The van der Waals surface area contributed by atoms with Gasteiger partial charge in [-0.15, -0.1) is 0 Å². The van der Waals surface area contributed by atoms with Crippen molar-refractivity contribution in [3.63, 3.8) is 0 Å². The van der Waals surface area contributed by atoms with Crippen molar-refractivity contribution >= 4 is 0 Å². The summed E-state index contributed by atoms with van der Waals surface area (Å²) < 4.78 is 0. The molecule has 0 aromatic rings. The second-order valence-electron chi connectivity index (χ2n) is 4.04. The quantitative estimate of drug-likeness (QED) is 0.497. The summed E-state index contributed by atoms with van der Waals surface area (Å²) in [6.45, 7) is 2.58. The van der Waals surface area contributed by atoms with Crippen LogP contribution in [0, 0.1) is 6.42 Å². The smallest absolute Gasteiger partial charge is 0.0431 e. The molecular weight excluding hydrogens is 172 g/mol. The normalized spacial score (nSPS) is 10.7. The molecule has 0 saturated heterocycles. The van der Waals surface area contributed by atoms with Gasteiger partial charge in [0.05, 0.1) is 0 Å². The van der Waals surface area contributed by atoms with Crippen LogP contribution in [0.3, 0.4) is 0 Å². The number of aliphatic hydroxyl groups excluding tert-OH is 1. The van der Waals surface area contributed by atoms with Crippen LogP contribution in [-0.4, -0.2) is 11.7 Å². The second-order valence-corrected chi connectivity index (χ2v) is 4.04. The van der Waals surface area contributed by atoms with Crippen molar-refractivity contribution in [3.05, 3.63) is 6.42 Å². The molecule has 1 radical (unpaired) electrons. The van der Waals surface area contributed by atoms with E-state index in [2.05, 4.69) is 13.3 Å². The zero-order chi connectivity index (χ0) is 10.5. The summed E-state index contributed by atoms with van der Waals surface area (Å²) in [5.41, 5.74) is 0. The third-order valence-corrected chi connectivity index (χ3v) is 2.61. The van der Waals surface area contributed by atoms with Crippen molar-refractivity contribution in [2.75, 3.05) is 6.61 Å². The number of aliphatic hydroxyl groups is 1. The van der Waals surface area contributed by atoms with Crippen molar-refractivity contribution in [1.82, 2.24) is 0 Å². The van der Waals surface area contributed by atoms with Crippen LogP contribution in [0.5, 0.6) is 0 Å². The third-order valence-electron chi connectivity index (χ3n) is 2.61. The molecule has 1 N–H and O–H groups in total. The Morgan fingerprint density at radius 2 is 1.29 bits per heavy atom. The van der Waals surface area contributed by atoms with Crippen LogP contribution in [0.4, 0.5) is 0 Å². The second kappa shape index (κ2) is 13.0. The van der Waals surface area contributed by atoms with E-state index in [0.717, 1.165) is 6.42 Å². The lowest BCUT2D eigenvalue weighted by Gasteiger charge is -2.01. The standard InChI is InChI=1S/C13H27O/c1-2-3-4-5-6-7-8-9-10-11-12-13-14/h3,14H,2,4-13H2,1H3. The highest BCUT2D eigenvalue weighted by molar-refractivity contribution is 4.60. The minimum absolute atomic E-state index is 0.368. The fraction of sp³-hybridized carbons (Fsp3) is 0.923. The predicted molar refractivity (Wildman–Crippen MR) is 63.2 cm³/mol. The third kappa shape index (κ3) is 12.0. The monoisotopic (exact) mass is 199 g/mol. The van der Waals surface area contributed by atoms with E-state index in [1.165, 1.54) is 57.8 Å². The summed E-state index contributed by atoms with van der Waals surface area (Å²) in [5.74, 6) is 0. The van der Waals surface area contributed by atoms with E-state index in [4.69, 9.17) is 5.11 Å². The molecule has 0 rings (SSSR count). The summed E-state index contributed by atoms with van der Waals surface area (Å²) in [4.78, 5) is 0. The van der Waals surface area contributed by atoms with Crippen LogP contribution >= 0.6 is 0 Å². The minimum Gasteiger partial charge on any atom is -0.396 e. The first kappa shape index (κ1) is 14.0. The molecule has 0 spiro atoms. The SMILES string of the molecule is CC[CH]CCCCCCCCCCO. The molecule has 0 heterocycles. The van der Waals surface area contributed by atoms with Gasteiger partial charge in [0.15, 0.2) is 0 Å². The van der Waals surface area contributed by atoms with Crippen molar-refractivity contribution in [2.24, 2.45) is 0 Å². The molecule has 0 aliphatic heterocycles. The lowest BCUT2D eigenvalue weighted by Crippen LogP contribution is -1.84. The molecule has 0 aliphatic rings. The van der Waals surface area contributed by atoms with Crippen molar-refractivity contribution in [1.29, 1.82) is 0 Å². The maximum absolute atomic E-state index is 8.59. The fourth-order valence-electron chi connectivity index (χ4n) is 1.67. The van der Waals surface area contributed by atoms with Crippen LogP contribution < -0.4 is 0 Å². The van der Waals surface area contributed by atoms with Gasteiger partial charge in [-0.2, -0.15) is 0 Å². The van der Waals surface area contributed by atoms with Crippen molar-refractivity contribution in [3.8, 4) is 0 Å². The first-order chi connectivity index (χ1) is 6.91. The van der Waals surface area contributed by atoms with Crippen LogP contribution in [0.25, 0.3) is 0 Å². The van der Waals surface area contributed by atoms with E-state index in [-0.39, 0.29) is 0 Å². The summed E-state index contributed by atoms with van der Waals surface area (Å²) in [5, 5.41) is 8.59. The van der Waals surface area contributed by atoms with Crippen LogP contribution in [0.2, 0.25) is 0 Å². The van der Waals surface area contributed by atoms with E-state index in [9.17, 15) is 0 Å². The summed E-state index contributed by atoms with van der Waals surface area (Å²) >= 11 is 0. The molecule has 0 unspecified atom stereocenters. The number of hydrogen-bond donors (Lipinski definition) is 1. The minimum atomic E-state index is 0.368. The molecule has 0 amide bonds. The van der Waals surface area contributed by atoms with Crippen molar-refractivity contribution < 1.29 is 5.11 Å².